The Bertz CT molecular complexity index is 6100. The number of hydrogen-bond acceptors (Lipinski definition) is 31. The Morgan fingerprint density at radius 2 is 0.886 bits per heavy atom. The molecule has 4 aromatic carbocycles. The van der Waals surface area contributed by atoms with Crippen LogP contribution in [0, 0.1) is 24.7 Å². The van der Waals surface area contributed by atoms with Gasteiger partial charge in [-0.1, -0.05) is 202 Å². The number of nitrogens with two attached hydrogens (primary N) is 3. The lowest BCUT2D eigenvalue weighted by Gasteiger charge is -2.35. The second-order valence-corrected chi connectivity index (χ2v) is 42.3. The number of benzene rings is 4. The lowest BCUT2D eigenvalue weighted by atomic mass is 9.85. The first kappa shape index (κ1) is 116. The lowest BCUT2D eigenvalue weighted by Crippen LogP contribution is -2.57. The van der Waals surface area contributed by atoms with Gasteiger partial charge in [0.15, 0.2) is 25.7 Å². The van der Waals surface area contributed by atoms with Gasteiger partial charge in [0.05, 0.1) is 73.7 Å². The zero-order chi connectivity index (χ0) is 109. The smallest absolute Gasteiger partial charge is 0.341 e. The van der Waals surface area contributed by atoms with Gasteiger partial charge < -0.3 is 128 Å². The minimum atomic E-state index is -1.46. The second kappa shape index (κ2) is 56.0. The number of aliphatic hydroxyl groups excluding tert-OH is 8. The van der Waals surface area contributed by atoms with Crippen molar-refractivity contribution < 1.29 is 109 Å². The predicted molar refractivity (Wildman–Crippen MR) is 563 cm³/mol. The van der Waals surface area contributed by atoms with Crippen molar-refractivity contribution in [2.24, 2.45) is 16.6 Å². The Balaban J connectivity index is 0.000000233. The highest BCUT2D eigenvalue weighted by molar-refractivity contribution is 7.13. The predicted octanol–water partition coefficient (Wildman–Crippen LogP) is 11.0. The van der Waals surface area contributed by atoms with E-state index in [1.807, 2.05) is 115 Å². The molecule has 0 unspecified atom stereocenters. The van der Waals surface area contributed by atoms with Gasteiger partial charge in [0, 0.05) is 70.8 Å². The number of nitrogens with zero attached hydrogens (tertiary/aromatic N) is 10. The molecule has 810 valence electrons. The molecule has 0 saturated carbocycles. The molecule has 10 aromatic rings. The highest BCUT2D eigenvalue weighted by Crippen LogP contribution is 2.43. The number of amides is 7. The minimum Gasteiger partial charge on any atom is -0.482 e. The SMILES string of the molecule is Cc1ncsc1-c1ccc(CNC(=O)[C@@H]2C[C@@H](O)CN2C(=O)[C@@H](NC(=O)CCCCCCCCCCN)C(C)(C)C)cc1.Cc1ncsc1-c1ccc(CNC(=O)[C@@H]2C[C@@H](O)CN2C(=O)[C@@H](NC(=O)CCCCCCCCCCNC(=O)COc2cc([C@@H](O)[C@H]3O[C@@H](n4ccc5c(N)ncnc54)[C@H](O)[C@@H]3O)ccc2Cl)C(C)(C)C)cc1.Nc1ncnc2c1ccn2[C@@H]1O[C@H]([C@H](O)c2ccc(Cl)c(OCC(=O)O)c2)[C@@H](O)[C@H]1O.[2H]CF. The number of rotatable bonds is 45. The number of aliphatic carboxylic acids is 1. The molecule has 16 atom stereocenters. The average Bonchev–Trinajstić information content (AvgIpc) is 1.61. The molecule has 0 bridgehead atoms. The molecule has 0 radical (unpaired) electrons. The van der Waals surface area contributed by atoms with Gasteiger partial charge in [0.25, 0.3) is 5.91 Å². The third-order valence-electron chi connectivity index (χ3n) is 26.5. The molecule has 39 nitrogen and oxygen atoms in total. The maximum atomic E-state index is 14.0. The summed E-state index contributed by atoms with van der Waals surface area (Å²) in [4.78, 5) is 134. The molecule has 7 amide bonds. The number of thiazole rings is 2. The van der Waals surface area contributed by atoms with E-state index in [4.69, 9.17) is 65.8 Å². The Hall–Kier alpha value is -11.6. The Labute approximate surface area is 884 Å². The van der Waals surface area contributed by atoms with Crippen LogP contribution < -0.4 is 53.3 Å². The van der Waals surface area contributed by atoms with Crippen LogP contribution in [0.3, 0.4) is 0 Å². The number of carbonyl (C=O) groups excluding carboxylic acids is 7. The van der Waals surface area contributed by atoms with E-state index in [1.54, 1.807) is 53.3 Å². The number of hydrogen-bond donors (Lipinski definition) is 17. The fraction of sp³-hybridized carbons (Fsp3) is 0.524. The summed E-state index contributed by atoms with van der Waals surface area (Å²) in [6, 6.07) is 24.6. The number of fused-ring (bicyclic) bond motifs is 2. The number of aromatic nitrogens is 8. The van der Waals surface area contributed by atoms with Crippen LogP contribution in [0.15, 0.2) is 133 Å². The van der Waals surface area contributed by atoms with Crippen LogP contribution in [-0.4, -0.2) is 262 Å². The number of unbranched alkanes of at least 4 members (excludes halogenated alkanes) is 14. The lowest BCUT2D eigenvalue weighted by molar-refractivity contribution is -0.144. The quantitative estimate of drug-likeness (QED) is 0.0158. The topological polar surface area (TPSA) is 587 Å². The number of anilines is 2. The van der Waals surface area contributed by atoms with Crippen molar-refractivity contribution in [3.8, 4) is 32.4 Å². The third kappa shape index (κ3) is 32.0. The first-order valence-electron chi connectivity index (χ1n) is 50.8. The number of halogens is 3. The van der Waals surface area contributed by atoms with Crippen molar-refractivity contribution in [2.75, 3.05) is 58.0 Å². The standard InChI is InChI=1S/C52H68ClN9O10S.C33H51N5O4S.C19H19ClN4O7.CH3F/c1-30-45(73-29-59-30)32-16-14-31(15-17-32)25-56-49(69)37-24-34(63)26-62(37)50(70)46(52(2,3)4)60-39(64)13-11-9-7-5-6-8-10-12-21-55-40(65)27-71-38-23-33(18-19-36(38)53)41(66)44-42(67)43(68)51(72-44)61-22-20-35-47(54)57-28-58-48(35)61;1-23-29(43-22-36-23)25-16-14-24(15-17-25)20-35-31(41)27-19-26(39)21-38(27)32(42)30(33(2,3)4)37-28(40)13-11-9-7-5-6-8-10-12-18-34;20-10-2-1-8(5-11(10)30-6-12(25)26)13(27)16-14(28)15(29)19(31-16)24-4-3-9-17(21)22-7-23-18(9)24;1-2/h14-20,22-23,28-29,34,37,41-44,46,51,63,66-68H,5-13,21,24-27H2,1-4H3,(H,55,65)(H,56,69)(H,60,64)(H2,54,57,58);14-17,22,26-27,30,39H,5-13,18-21,34H2,1-4H3,(H,35,41)(H,37,40);1-5,7,13-16,19,27-29H,6H2,(H,25,26)(H2,21,22,23);1H3/t34-,37+,41-,42+,43-,44-,46-,51-;26-,27+,30-;13-,14+,15-,16-,19-;/m111./s1/i;;;1D. The van der Waals surface area contributed by atoms with Crippen LogP contribution in [0.5, 0.6) is 11.5 Å². The van der Waals surface area contributed by atoms with Gasteiger partial charge in [0.2, 0.25) is 35.4 Å². The zero-order valence-electron chi connectivity index (χ0n) is 86.0. The average molecular weight is 2150 g/mol. The first-order chi connectivity index (χ1) is 71.6. The van der Waals surface area contributed by atoms with Gasteiger partial charge in [-0.3, -0.25) is 38.0 Å². The van der Waals surface area contributed by atoms with E-state index in [0.29, 0.717) is 53.6 Å². The first-order valence-corrected chi connectivity index (χ1v) is 52.6. The number of aliphatic hydroxyl groups is 8. The minimum absolute atomic E-state index is 0.00942. The molecule has 6 aromatic heterocycles. The summed E-state index contributed by atoms with van der Waals surface area (Å²) in [5, 5.41) is 111. The molecular weight excluding hydrogens is 2000 g/mol. The molecule has 10 heterocycles. The van der Waals surface area contributed by atoms with Crippen molar-refractivity contribution in [2.45, 2.75) is 295 Å². The van der Waals surface area contributed by atoms with Gasteiger partial charge in [0.1, 0.15) is 120 Å². The van der Waals surface area contributed by atoms with Crippen LogP contribution >= 0.6 is 45.9 Å². The number of likely N-dealkylation sites (tertiary alicyclic amines) is 2. The summed E-state index contributed by atoms with van der Waals surface area (Å²) in [7, 11) is -1.00. The number of carboxylic acids is 1. The van der Waals surface area contributed by atoms with E-state index >= 15 is 0 Å². The van der Waals surface area contributed by atoms with Crippen molar-refractivity contribution >= 4 is 127 Å². The van der Waals surface area contributed by atoms with Crippen LogP contribution in [-0.2, 0) is 60.9 Å². The fourth-order valence-corrected chi connectivity index (χ4v) is 20.3. The van der Waals surface area contributed by atoms with Gasteiger partial charge in [-0.2, -0.15) is 0 Å². The van der Waals surface area contributed by atoms with Crippen LogP contribution in [0.25, 0.3) is 42.9 Å². The Morgan fingerprint density at radius 1 is 0.510 bits per heavy atom. The normalized spacial score (nSPS) is 20.4. The van der Waals surface area contributed by atoms with E-state index < -0.39 is 128 Å². The van der Waals surface area contributed by atoms with Gasteiger partial charge in [-0.25, -0.2) is 34.7 Å². The number of carbonyl (C=O) groups is 8. The van der Waals surface area contributed by atoms with E-state index in [1.165, 1.54) is 81.2 Å². The van der Waals surface area contributed by atoms with Gasteiger partial charge in [-0.15, -0.1) is 22.7 Å². The largest absolute Gasteiger partial charge is 0.482 e. The van der Waals surface area contributed by atoms with Crippen molar-refractivity contribution in [3.05, 3.63) is 177 Å². The number of nitrogen functional groups attached to an aromatic ring is 2. The van der Waals surface area contributed by atoms with Crippen LogP contribution in [0.4, 0.5) is 16.0 Å². The number of carboxylic acid groups (broad SMARTS) is 1. The molecule has 4 fully saturated rings. The molecule has 0 aliphatic carbocycles. The fourth-order valence-electron chi connectivity index (χ4n) is 18.3. The molecule has 4 aliphatic heterocycles. The second-order valence-electron chi connectivity index (χ2n) is 39.8. The molecule has 0 spiro atoms. The monoisotopic (exact) mass is 2140 g/mol. The third-order valence-corrected chi connectivity index (χ3v) is 29.1. The summed E-state index contributed by atoms with van der Waals surface area (Å²) >= 11 is 15.5. The highest BCUT2D eigenvalue weighted by Gasteiger charge is 2.51. The summed E-state index contributed by atoms with van der Waals surface area (Å²) in [5.41, 5.74) is 27.0. The van der Waals surface area contributed by atoms with Gasteiger partial charge >= 0.3 is 5.97 Å². The van der Waals surface area contributed by atoms with E-state index in [0.717, 1.165) is 127 Å². The van der Waals surface area contributed by atoms with Crippen molar-refractivity contribution in [1.82, 2.24) is 75.4 Å². The molecule has 4 aliphatic rings. The maximum absolute atomic E-state index is 14.0. The van der Waals surface area contributed by atoms with E-state index in [-0.39, 0.29) is 126 Å². The summed E-state index contributed by atoms with van der Waals surface area (Å²) in [6.07, 6.45) is 7.88. The van der Waals surface area contributed by atoms with Crippen LogP contribution in [0.1, 0.15) is 230 Å². The number of ether oxygens (including phenoxy) is 4. The molecule has 4 saturated heterocycles. The maximum Gasteiger partial charge on any atom is 0.341 e. The van der Waals surface area contributed by atoms with Crippen LogP contribution in [0.2, 0.25) is 10.0 Å². The summed E-state index contributed by atoms with van der Waals surface area (Å²) in [5.74, 6) is -2.60. The number of alkyl halides is 1. The molecule has 14 rings (SSSR count). The number of nitrogens with one attached hydrogen (secondary N) is 5. The van der Waals surface area contributed by atoms with Crippen molar-refractivity contribution in [3.63, 3.8) is 0 Å². The Kier molecular flexibility index (Phi) is 43.6. The molecule has 20 N–H and O–H groups in total. The van der Waals surface area contributed by atoms with E-state index in [2.05, 4.69) is 56.5 Å². The Morgan fingerprint density at radius 3 is 1.26 bits per heavy atom. The summed E-state index contributed by atoms with van der Waals surface area (Å²) < 4.78 is 41.1. The number of β-amino-alcohol motifs (C(OH)–C–C–N with tert-alkyl or cyclic N) is 2. The summed E-state index contributed by atoms with van der Waals surface area (Å²) in [6.45, 7) is 16.2. The molecular formula is C105H141Cl2FN18O21S2. The van der Waals surface area contributed by atoms with Crippen molar-refractivity contribution in [1.29, 1.82) is 0 Å². The molecule has 44 heteroatoms. The highest BCUT2D eigenvalue weighted by atomic mass is 35.5. The van der Waals surface area contributed by atoms with Gasteiger partial charge in [-0.05, 0) is 127 Å². The molecule has 149 heavy (non-hydrogen) atoms. The number of aryl methyl sites for hydroxylation is 2. The zero-order valence-corrected chi connectivity index (χ0v) is 88.2. The van der Waals surface area contributed by atoms with E-state index in [9.17, 15) is 83.6 Å².